The monoisotopic (exact) mass is 185 g/mol. The molecule has 1 saturated carbocycles. The maximum Gasteiger partial charge on any atom is 0.248 e. The van der Waals surface area contributed by atoms with Crippen molar-refractivity contribution in [1.82, 2.24) is 4.98 Å². The minimum atomic E-state index is -1.12. The van der Waals surface area contributed by atoms with Crippen molar-refractivity contribution in [2.75, 3.05) is 0 Å². The molecule has 1 aromatic rings. The first kappa shape index (κ1) is 8.56. The lowest BCUT2D eigenvalue weighted by atomic mass is 10.1. The van der Waals surface area contributed by atoms with Crippen LogP contribution in [0.3, 0.4) is 0 Å². The largest absolute Gasteiger partial charge is 0.388 e. The lowest BCUT2D eigenvalue weighted by molar-refractivity contribution is 0.152. The molecule has 2 nitrogen and oxygen atoms in total. The molecule has 0 amide bonds. The lowest BCUT2D eigenvalue weighted by Crippen LogP contribution is -2.02. The van der Waals surface area contributed by atoms with Crippen LogP contribution in [-0.2, 0) is 0 Å². The molecular formula is C9H9F2NO. The second kappa shape index (κ2) is 3.03. The minimum absolute atomic E-state index is 0.201. The highest BCUT2D eigenvalue weighted by Crippen LogP contribution is 2.40. The van der Waals surface area contributed by atoms with Gasteiger partial charge >= 0.3 is 0 Å². The van der Waals surface area contributed by atoms with Crippen LogP contribution in [0.1, 0.15) is 24.5 Å². The van der Waals surface area contributed by atoms with Crippen molar-refractivity contribution < 1.29 is 13.9 Å². The van der Waals surface area contributed by atoms with Crippen LogP contribution in [0.15, 0.2) is 12.3 Å². The van der Waals surface area contributed by atoms with Gasteiger partial charge in [0.25, 0.3) is 0 Å². The summed E-state index contributed by atoms with van der Waals surface area (Å²) in [6, 6.07) is 1.01. The molecule has 1 aromatic heterocycles. The Morgan fingerprint density at radius 1 is 1.46 bits per heavy atom. The molecule has 4 heteroatoms. The van der Waals surface area contributed by atoms with E-state index < -0.39 is 17.9 Å². The molecule has 1 fully saturated rings. The Morgan fingerprint density at radius 2 is 2.15 bits per heavy atom. The molecule has 0 aromatic carbocycles. The smallest absolute Gasteiger partial charge is 0.248 e. The summed E-state index contributed by atoms with van der Waals surface area (Å²) in [7, 11) is 0. The summed E-state index contributed by atoms with van der Waals surface area (Å²) in [5, 5.41) is 9.55. The maximum absolute atomic E-state index is 12.7. The van der Waals surface area contributed by atoms with E-state index in [0.717, 1.165) is 18.9 Å². The molecule has 0 aliphatic heterocycles. The van der Waals surface area contributed by atoms with E-state index in [0.29, 0.717) is 5.56 Å². The summed E-state index contributed by atoms with van der Waals surface area (Å²) in [6.45, 7) is 0. The Morgan fingerprint density at radius 3 is 2.69 bits per heavy atom. The van der Waals surface area contributed by atoms with Crippen molar-refractivity contribution in [2.24, 2.45) is 5.92 Å². The Balaban J connectivity index is 2.24. The number of nitrogens with zero attached hydrogens (tertiary/aromatic N) is 1. The number of aromatic nitrogens is 1. The van der Waals surface area contributed by atoms with Gasteiger partial charge < -0.3 is 5.11 Å². The van der Waals surface area contributed by atoms with Crippen LogP contribution in [-0.4, -0.2) is 10.1 Å². The molecule has 1 aliphatic carbocycles. The summed E-state index contributed by atoms with van der Waals surface area (Å²) in [6.07, 6.45) is 2.38. The van der Waals surface area contributed by atoms with E-state index in [2.05, 4.69) is 4.98 Å². The highest BCUT2D eigenvalue weighted by atomic mass is 19.2. The van der Waals surface area contributed by atoms with Gasteiger partial charge in [-0.15, -0.1) is 0 Å². The van der Waals surface area contributed by atoms with E-state index in [9.17, 15) is 13.9 Å². The summed E-state index contributed by atoms with van der Waals surface area (Å²) in [5.74, 6) is -1.92. The fourth-order valence-corrected chi connectivity index (χ4v) is 1.28. The summed E-state index contributed by atoms with van der Waals surface area (Å²) in [5.41, 5.74) is 0.362. The second-order valence-corrected chi connectivity index (χ2v) is 3.32. The average Bonchev–Trinajstić information content (AvgIpc) is 2.91. The highest BCUT2D eigenvalue weighted by molar-refractivity contribution is 5.16. The summed E-state index contributed by atoms with van der Waals surface area (Å²) in [4.78, 5) is 3.21. The predicted octanol–water partition coefficient (Wildman–Crippen LogP) is 1.80. The van der Waals surface area contributed by atoms with Gasteiger partial charge in [-0.05, 0) is 24.8 Å². The quantitative estimate of drug-likeness (QED) is 0.712. The fourth-order valence-electron chi connectivity index (χ4n) is 1.28. The van der Waals surface area contributed by atoms with Gasteiger partial charge in [0.05, 0.1) is 6.10 Å². The maximum atomic E-state index is 12.7. The third kappa shape index (κ3) is 1.67. The standard InChI is InChI=1S/C9H9F2NO/c10-7-3-6(4-12-9(7)11)8(13)5-1-2-5/h3-5,8,13H,1-2H2. The Kier molecular flexibility index (Phi) is 2.00. The fraction of sp³-hybridized carbons (Fsp3) is 0.444. The molecule has 0 saturated heterocycles. The lowest BCUT2D eigenvalue weighted by Gasteiger charge is -2.08. The van der Waals surface area contributed by atoms with Gasteiger partial charge in [0.1, 0.15) is 0 Å². The zero-order valence-electron chi connectivity index (χ0n) is 6.87. The number of aliphatic hydroxyl groups is 1. The first-order valence-electron chi connectivity index (χ1n) is 4.17. The van der Waals surface area contributed by atoms with Crippen LogP contribution in [0, 0.1) is 17.7 Å². The minimum Gasteiger partial charge on any atom is -0.388 e. The van der Waals surface area contributed by atoms with Crippen LogP contribution >= 0.6 is 0 Å². The average molecular weight is 185 g/mol. The molecule has 1 unspecified atom stereocenters. The van der Waals surface area contributed by atoms with Crippen LogP contribution in [0.4, 0.5) is 8.78 Å². The van der Waals surface area contributed by atoms with Crippen LogP contribution in [0.25, 0.3) is 0 Å². The predicted molar refractivity (Wildman–Crippen MR) is 41.8 cm³/mol. The highest BCUT2D eigenvalue weighted by Gasteiger charge is 2.31. The molecule has 0 radical (unpaired) electrons. The van der Waals surface area contributed by atoms with Crippen LogP contribution < -0.4 is 0 Å². The van der Waals surface area contributed by atoms with Crippen molar-refractivity contribution in [2.45, 2.75) is 18.9 Å². The van der Waals surface area contributed by atoms with Crippen molar-refractivity contribution >= 4 is 0 Å². The number of aliphatic hydroxyl groups excluding tert-OH is 1. The third-order valence-corrected chi connectivity index (χ3v) is 2.23. The molecule has 1 atom stereocenters. The molecule has 1 heterocycles. The number of hydrogen-bond acceptors (Lipinski definition) is 2. The van der Waals surface area contributed by atoms with Gasteiger partial charge in [-0.1, -0.05) is 0 Å². The number of pyridine rings is 1. The molecule has 1 N–H and O–H groups in total. The van der Waals surface area contributed by atoms with Gasteiger partial charge in [0.2, 0.25) is 5.95 Å². The normalized spacial score (nSPS) is 18.7. The van der Waals surface area contributed by atoms with Gasteiger partial charge in [-0.3, -0.25) is 0 Å². The summed E-state index contributed by atoms with van der Waals surface area (Å²) >= 11 is 0. The molecule has 2 rings (SSSR count). The zero-order valence-corrected chi connectivity index (χ0v) is 6.87. The van der Waals surface area contributed by atoms with E-state index in [1.165, 1.54) is 6.20 Å². The SMILES string of the molecule is OC(c1cnc(F)c(F)c1)C1CC1. The first-order valence-corrected chi connectivity index (χ1v) is 4.17. The Labute approximate surface area is 74.2 Å². The molecule has 0 spiro atoms. The molecular weight excluding hydrogens is 176 g/mol. The Hall–Kier alpha value is -1.03. The van der Waals surface area contributed by atoms with Crippen LogP contribution in [0.5, 0.6) is 0 Å². The van der Waals surface area contributed by atoms with E-state index in [4.69, 9.17) is 0 Å². The Bertz CT molecular complexity index is 325. The van der Waals surface area contributed by atoms with E-state index in [-0.39, 0.29) is 5.92 Å². The van der Waals surface area contributed by atoms with E-state index in [1.54, 1.807) is 0 Å². The van der Waals surface area contributed by atoms with E-state index in [1.807, 2.05) is 0 Å². The van der Waals surface area contributed by atoms with Gasteiger partial charge in [0.15, 0.2) is 5.82 Å². The van der Waals surface area contributed by atoms with Gasteiger partial charge in [-0.2, -0.15) is 4.39 Å². The van der Waals surface area contributed by atoms with Crippen molar-refractivity contribution in [3.8, 4) is 0 Å². The molecule has 0 bridgehead atoms. The van der Waals surface area contributed by atoms with Gasteiger partial charge in [-0.25, -0.2) is 9.37 Å². The van der Waals surface area contributed by atoms with Crippen LogP contribution in [0.2, 0.25) is 0 Å². The first-order chi connectivity index (χ1) is 6.18. The van der Waals surface area contributed by atoms with Crippen molar-refractivity contribution in [3.05, 3.63) is 29.6 Å². The van der Waals surface area contributed by atoms with Crippen molar-refractivity contribution in [1.29, 1.82) is 0 Å². The van der Waals surface area contributed by atoms with E-state index >= 15 is 0 Å². The molecule has 13 heavy (non-hydrogen) atoms. The zero-order chi connectivity index (χ0) is 9.42. The number of hydrogen-bond donors (Lipinski definition) is 1. The topological polar surface area (TPSA) is 33.1 Å². The number of halogens is 2. The molecule has 70 valence electrons. The molecule has 1 aliphatic rings. The third-order valence-electron chi connectivity index (χ3n) is 2.23. The van der Waals surface area contributed by atoms with Crippen molar-refractivity contribution in [3.63, 3.8) is 0 Å². The van der Waals surface area contributed by atoms with Gasteiger partial charge in [0, 0.05) is 11.8 Å². The number of rotatable bonds is 2. The second-order valence-electron chi connectivity index (χ2n) is 3.32. The summed E-state index contributed by atoms with van der Waals surface area (Å²) < 4.78 is 25.1.